The highest BCUT2D eigenvalue weighted by Gasteiger charge is 2.15. The molecular weight excluding hydrogens is 238 g/mol. The molecule has 3 heteroatoms. The van der Waals surface area contributed by atoms with Crippen molar-refractivity contribution in [1.29, 1.82) is 0 Å². The Morgan fingerprint density at radius 1 is 1.16 bits per heavy atom. The Balaban J connectivity index is 2.10. The Bertz CT molecular complexity index is 384. The van der Waals surface area contributed by atoms with Crippen LogP contribution in [0.3, 0.4) is 0 Å². The fraction of sp³-hybridized carbons (Fsp3) is 0.625. The molecule has 0 radical (unpaired) electrons. The largest absolute Gasteiger partial charge is 0.497 e. The van der Waals surface area contributed by atoms with E-state index in [-0.39, 0.29) is 0 Å². The van der Waals surface area contributed by atoms with E-state index in [1.54, 1.807) is 7.11 Å². The van der Waals surface area contributed by atoms with Gasteiger partial charge in [-0.25, -0.2) is 0 Å². The van der Waals surface area contributed by atoms with Gasteiger partial charge in [0.25, 0.3) is 0 Å². The summed E-state index contributed by atoms with van der Waals surface area (Å²) in [6.45, 7) is 0.825. The third kappa shape index (κ3) is 4.13. The maximum absolute atomic E-state index is 6.24. The first-order chi connectivity index (χ1) is 9.33. The van der Waals surface area contributed by atoms with E-state index in [0.29, 0.717) is 6.10 Å². The fourth-order valence-corrected chi connectivity index (χ4v) is 2.65. The monoisotopic (exact) mass is 263 g/mol. The van der Waals surface area contributed by atoms with Crippen molar-refractivity contribution in [2.75, 3.05) is 14.2 Å². The van der Waals surface area contributed by atoms with Crippen LogP contribution in [-0.2, 0) is 6.54 Å². The zero-order chi connectivity index (χ0) is 13.5. The van der Waals surface area contributed by atoms with E-state index >= 15 is 0 Å². The Labute approximate surface area is 116 Å². The van der Waals surface area contributed by atoms with Crippen molar-refractivity contribution in [3.8, 4) is 11.5 Å². The summed E-state index contributed by atoms with van der Waals surface area (Å²) in [5, 5.41) is 3.19. The molecule has 0 bridgehead atoms. The highest BCUT2D eigenvalue weighted by atomic mass is 16.5. The Hall–Kier alpha value is -1.22. The van der Waals surface area contributed by atoms with Gasteiger partial charge in [0.05, 0.1) is 13.2 Å². The second-order valence-corrected chi connectivity index (χ2v) is 5.24. The average molecular weight is 263 g/mol. The molecule has 1 aromatic rings. The van der Waals surface area contributed by atoms with E-state index in [2.05, 4.69) is 11.4 Å². The van der Waals surface area contributed by atoms with Crippen molar-refractivity contribution < 1.29 is 9.47 Å². The summed E-state index contributed by atoms with van der Waals surface area (Å²) < 4.78 is 11.5. The summed E-state index contributed by atoms with van der Waals surface area (Å²) in [6.07, 6.45) is 7.99. The van der Waals surface area contributed by atoms with Crippen LogP contribution >= 0.6 is 0 Å². The molecule has 1 N–H and O–H groups in total. The highest BCUT2D eigenvalue weighted by molar-refractivity contribution is 5.40. The summed E-state index contributed by atoms with van der Waals surface area (Å²) in [4.78, 5) is 0. The normalized spacial score (nSPS) is 16.9. The number of ether oxygens (including phenoxy) is 2. The Morgan fingerprint density at radius 3 is 2.53 bits per heavy atom. The van der Waals surface area contributed by atoms with Gasteiger partial charge in [0.2, 0.25) is 0 Å². The van der Waals surface area contributed by atoms with E-state index in [1.165, 1.54) is 44.1 Å². The van der Waals surface area contributed by atoms with Gasteiger partial charge in [0.15, 0.2) is 0 Å². The Kier molecular flexibility index (Phi) is 5.52. The summed E-state index contributed by atoms with van der Waals surface area (Å²) in [5.41, 5.74) is 1.20. The molecule has 0 amide bonds. The topological polar surface area (TPSA) is 30.5 Å². The molecule has 1 fully saturated rings. The van der Waals surface area contributed by atoms with Gasteiger partial charge in [0, 0.05) is 18.2 Å². The molecule has 0 atom stereocenters. The highest BCUT2D eigenvalue weighted by Crippen LogP contribution is 2.29. The van der Waals surface area contributed by atoms with Crippen molar-refractivity contribution in [1.82, 2.24) is 5.32 Å². The van der Waals surface area contributed by atoms with Crippen molar-refractivity contribution in [3.63, 3.8) is 0 Å². The molecule has 2 rings (SSSR count). The second kappa shape index (κ2) is 7.39. The molecule has 0 unspecified atom stereocenters. The number of methoxy groups -OCH3 is 1. The average Bonchev–Trinajstić information content (AvgIpc) is 2.69. The van der Waals surface area contributed by atoms with E-state index in [1.807, 2.05) is 19.2 Å². The van der Waals surface area contributed by atoms with Gasteiger partial charge >= 0.3 is 0 Å². The lowest BCUT2D eigenvalue weighted by Gasteiger charge is -2.20. The predicted octanol–water partition coefficient (Wildman–Crippen LogP) is 3.52. The maximum Gasteiger partial charge on any atom is 0.127 e. The molecular formula is C16H25NO2. The van der Waals surface area contributed by atoms with Gasteiger partial charge in [-0.3, -0.25) is 0 Å². The van der Waals surface area contributed by atoms with Crippen molar-refractivity contribution >= 4 is 0 Å². The molecule has 0 spiro atoms. The first kappa shape index (κ1) is 14.2. The van der Waals surface area contributed by atoms with E-state index in [9.17, 15) is 0 Å². The smallest absolute Gasteiger partial charge is 0.127 e. The van der Waals surface area contributed by atoms with Gasteiger partial charge in [-0.1, -0.05) is 18.9 Å². The van der Waals surface area contributed by atoms with Crippen LogP contribution in [0.5, 0.6) is 11.5 Å². The molecule has 1 aromatic carbocycles. The molecule has 0 heterocycles. The van der Waals surface area contributed by atoms with Gasteiger partial charge in [-0.05, 0) is 38.8 Å². The van der Waals surface area contributed by atoms with Crippen LogP contribution in [0.25, 0.3) is 0 Å². The molecule has 0 aromatic heterocycles. The minimum Gasteiger partial charge on any atom is -0.497 e. The predicted molar refractivity (Wildman–Crippen MR) is 77.9 cm³/mol. The SMILES string of the molecule is CNCc1ccc(OC)cc1OC1CCCCCC1. The number of hydrogen-bond donors (Lipinski definition) is 1. The van der Waals surface area contributed by atoms with Crippen LogP contribution < -0.4 is 14.8 Å². The van der Waals surface area contributed by atoms with Crippen molar-refractivity contribution in [2.24, 2.45) is 0 Å². The zero-order valence-electron chi connectivity index (χ0n) is 12.1. The van der Waals surface area contributed by atoms with E-state index < -0.39 is 0 Å². The molecule has 0 aliphatic heterocycles. The number of nitrogens with one attached hydrogen (secondary N) is 1. The first-order valence-corrected chi connectivity index (χ1v) is 7.31. The summed E-state index contributed by atoms with van der Waals surface area (Å²) in [7, 11) is 3.65. The van der Waals surface area contributed by atoms with Crippen molar-refractivity contribution in [3.05, 3.63) is 23.8 Å². The van der Waals surface area contributed by atoms with Crippen LogP contribution in [-0.4, -0.2) is 20.3 Å². The molecule has 19 heavy (non-hydrogen) atoms. The van der Waals surface area contributed by atoms with Gasteiger partial charge in [-0.15, -0.1) is 0 Å². The van der Waals surface area contributed by atoms with Crippen LogP contribution in [0.1, 0.15) is 44.1 Å². The number of benzene rings is 1. The van der Waals surface area contributed by atoms with Gasteiger partial charge < -0.3 is 14.8 Å². The lowest BCUT2D eigenvalue weighted by atomic mass is 10.1. The fourth-order valence-electron chi connectivity index (χ4n) is 2.65. The van der Waals surface area contributed by atoms with Crippen LogP contribution in [0.4, 0.5) is 0 Å². The lowest BCUT2D eigenvalue weighted by molar-refractivity contribution is 0.181. The van der Waals surface area contributed by atoms with Gasteiger partial charge in [-0.2, -0.15) is 0 Å². The molecule has 1 aliphatic carbocycles. The Morgan fingerprint density at radius 2 is 1.89 bits per heavy atom. The van der Waals surface area contributed by atoms with E-state index in [0.717, 1.165) is 18.0 Å². The lowest BCUT2D eigenvalue weighted by Crippen LogP contribution is -2.17. The molecule has 1 saturated carbocycles. The minimum absolute atomic E-state index is 0.366. The maximum atomic E-state index is 6.24. The molecule has 3 nitrogen and oxygen atoms in total. The van der Waals surface area contributed by atoms with Gasteiger partial charge in [0.1, 0.15) is 11.5 Å². The molecule has 106 valence electrons. The zero-order valence-corrected chi connectivity index (χ0v) is 12.1. The second-order valence-electron chi connectivity index (χ2n) is 5.24. The summed E-state index contributed by atoms with van der Waals surface area (Å²) in [6, 6.07) is 6.09. The van der Waals surface area contributed by atoms with Crippen LogP contribution in [0.2, 0.25) is 0 Å². The molecule has 0 saturated heterocycles. The molecule has 1 aliphatic rings. The standard InChI is InChI=1S/C16H25NO2/c1-17-12-13-9-10-15(18-2)11-16(13)19-14-7-5-3-4-6-8-14/h9-11,14,17H,3-8,12H2,1-2H3. The summed E-state index contributed by atoms with van der Waals surface area (Å²) in [5.74, 6) is 1.84. The number of rotatable bonds is 5. The van der Waals surface area contributed by atoms with Crippen molar-refractivity contribution in [2.45, 2.75) is 51.2 Å². The number of hydrogen-bond acceptors (Lipinski definition) is 3. The van der Waals surface area contributed by atoms with Crippen LogP contribution in [0.15, 0.2) is 18.2 Å². The quantitative estimate of drug-likeness (QED) is 0.825. The van der Waals surface area contributed by atoms with E-state index in [4.69, 9.17) is 9.47 Å². The first-order valence-electron chi connectivity index (χ1n) is 7.31. The third-order valence-corrected chi connectivity index (χ3v) is 3.74. The summed E-state index contributed by atoms with van der Waals surface area (Å²) >= 11 is 0. The third-order valence-electron chi connectivity index (χ3n) is 3.74. The van der Waals surface area contributed by atoms with Crippen LogP contribution in [0, 0.1) is 0 Å². The minimum atomic E-state index is 0.366.